The van der Waals surface area contributed by atoms with Gasteiger partial charge in [0.25, 0.3) is 0 Å². The number of rotatable bonds is 10. The van der Waals surface area contributed by atoms with Crippen molar-refractivity contribution < 1.29 is 22.7 Å². The number of ether oxygens (including phenoxy) is 1. The molecule has 0 saturated carbocycles. The van der Waals surface area contributed by atoms with Crippen molar-refractivity contribution in [2.45, 2.75) is 57.5 Å². The molecule has 0 spiro atoms. The average molecular weight is 488 g/mol. The Morgan fingerprint density at radius 2 is 1.88 bits per heavy atom. The largest absolute Gasteiger partial charge is 0.496 e. The quantitative estimate of drug-likeness (QED) is 0.536. The summed E-state index contributed by atoms with van der Waals surface area (Å²) in [5.41, 5.74) is 2.36. The number of carbonyl (C=O) groups is 2. The molecule has 34 heavy (non-hydrogen) atoms. The van der Waals surface area contributed by atoms with Crippen molar-refractivity contribution in [3.05, 3.63) is 53.6 Å². The smallest absolute Gasteiger partial charge is 0.241 e. The molecule has 9 heteroatoms. The van der Waals surface area contributed by atoms with Crippen LogP contribution < -0.4 is 19.7 Å². The van der Waals surface area contributed by atoms with Crippen LogP contribution in [-0.4, -0.2) is 39.9 Å². The Morgan fingerprint density at radius 3 is 2.56 bits per heavy atom. The van der Waals surface area contributed by atoms with E-state index in [2.05, 4.69) is 10.0 Å². The SMILES string of the molecule is CCC(=O)N1CCc2cc(S(=O)(=O)N[C@@H](CC(C)C)C(=O)NCc3ccccc3OC)ccc21. The third kappa shape index (κ3) is 5.95. The number of benzene rings is 2. The molecule has 1 aliphatic rings. The predicted octanol–water partition coefficient (Wildman–Crippen LogP) is 3.00. The Hall–Kier alpha value is -2.91. The molecule has 3 rings (SSSR count). The van der Waals surface area contributed by atoms with Gasteiger partial charge in [0.2, 0.25) is 21.8 Å². The first kappa shape index (κ1) is 25.7. The van der Waals surface area contributed by atoms with Crippen LogP contribution in [-0.2, 0) is 32.6 Å². The second kappa shape index (κ2) is 11.0. The van der Waals surface area contributed by atoms with E-state index >= 15 is 0 Å². The molecule has 2 aromatic carbocycles. The summed E-state index contributed by atoms with van der Waals surface area (Å²) in [6.45, 7) is 6.43. The number of anilines is 1. The topological polar surface area (TPSA) is 105 Å². The Morgan fingerprint density at radius 1 is 1.15 bits per heavy atom. The van der Waals surface area contributed by atoms with Gasteiger partial charge in [0, 0.05) is 30.8 Å². The number of carbonyl (C=O) groups excluding carboxylic acids is 2. The maximum Gasteiger partial charge on any atom is 0.241 e. The summed E-state index contributed by atoms with van der Waals surface area (Å²) in [4.78, 5) is 26.9. The van der Waals surface area contributed by atoms with Gasteiger partial charge in [0.1, 0.15) is 11.8 Å². The van der Waals surface area contributed by atoms with Gasteiger partial charge in [0.05, 0.1) is 12.0 Å². The predicted molar refractivity (Wildman–Crippen MR) is 131 cm³/mol. The first-order valence-corrected chi connectivity index (χ1v) is 13.0. The molecule has 0 bridgehead atoms. The van der Waals surface area contributed by atoms with Gasteiger partial charge in [-0.05, 0) is 48.6 Å². The number of para-hydroxylation sites is 1. The fourth-order valence-corrected chi connectivity index (χ4v) is 5.34. The maximum absolute atomic E-state index is 13.2. The molecule has 0 aliphatic carbocycles. The third-order valence-corrected chi connectivity index (χ3v) is 7.30. The summed E-state index contributed by atoms with van der Waals surface area (Å²) in [5.74, 6) is 0.358. The van der Waals surface area contributed by atoms with Crippen molar-refractivity contribution in [2.75, 3.05) is 18.6 Å². The lowest BCUT2D eigenvalue weighted by Gasteiger charge is -2.21. The molecular formula is C25H33N3O5S. The molecule has 2 N–H and O–H groups in total. The summed E-state index contributed by atoms with van der Waals surface area (Å²) < 4.78 is 34.3. The monoisotopic (exact) mass is 487 g/mol. The summed E-state index contributed by atoms with van der Waals surface area (Å²) in [6.07, 6.45) is 1.34. The number of amides is 2. The molecular weight excluding hydrogens is 454 g/mol. The molecule has 0 fully saturated rings. The highest BCUT2D eigenvalue weighted by molar-refractivity contribution is 7.89. The first-order valence-electron chi connectivity index (χ1n) is 11.5. The number of sulfonamides is 1. The molecule has 2 aromatic rings. The molecule has 2 amide bonds. The van der Waals surface area contributed by atoms with Crippen molar-refractivity contribution in [3.8, 4) is 5.75 Å². The van der Waals surface area contributed by atoms with E-state index in [4.69, 9.17) is 4.74 Å². The van der Waals surface area contributed by atoms with Gasteiger partial charge in [-0.1, -0.05) is 39.0 Å². The van der Waals surface area contributed by atoms with Gasteiger partial charge in [-0.2, -0.15) is 4.72 Å². The van der Waals surface area contributed by atoms with Gasteiger partial charge >= 0.3 is 0 Å². The molecule has 1 heterocycles. The van der Waals surface area contributed by atoms with Crippen LogP contribution in [0.3, 0.4) is 0 Å². The van der Waals surface area contributed by atoms with Crippen LogP contribution in [0, 0.1) is 5.92 Å². The Labute approximate surface area is 201 Å². The minimum absolute atomic E-state index is 0.0104. The summed E-state index contributed by atoms with van der Waals surface area (Å²) in [6, 6.07) is 11.2. The van der Waals surface area contributed by atoms with Crippen LogP contribution in [0.4, 0.5) is 5.69 Å². The minimum atomic E-state index is -3.95. The van der Waals surface area contributed by atoms with E-state index in [0.717, 1.165) is 16.8 Å². The van der Waals surface area contributed by atoms with Crippen molar-refractivity contribution >= 4 is 27.5 Å². The summed E-state index contributed by atoms with van der Waals surface area (Å²) in [7, 11) is -2.39. The van der Waals surface area contributed by atoms with E-state index in [1.807, 2.05) is 32.0 Å². The lowest BCUT2D eigenvalue weighted by molar-refractivity contribution is -0.123. The van der Waals surface area contributed by atoms with Crippen LogP contribution in [0.15, 0.2) is 47.4 Å². The number of hydrogen-bond acceptors (Lipinski definition) is 5. The highest BCUT2D eigenvalue weighted by Crippen LogP contribution is 2.30. The molecule has 1 aliphatic heterocycles. The first-order chi connectivity index (χ1) is 16.2. The number of nitrogens with zero attached hydrogens (tertiary/aromatic N) is 1. The van der Waals surface area contributed by atoms with Crippen molar-refractivity contribution in [1.29, 1.82) is 0 Å². The highest BCUT2D eigenvalue weighted by atomic mass is 32.2. The molecule has 0 saturated heterocycles. The van der Waals surface area contributed by atoms with Crippen LogP contribution in [0.1, 0.15) is 44.7 Å². The van der Waals surface area contributed by atoms with Crippen LogP contribution in [0.25, 0.3) is 0 Å². The highest BCUT2D eigenvalue weighted by Gasteiger charge is 2.29. The maximum atomic E-state index is 13.2. The van der Waals surface area contributed by atoms with E-state index in [1.54, 1.807) is 37.1 Å². The average Bonchev–Trinajstić information content (AvgIpc) is 3.24. The fourth-order valence-electron chi connectivity index (χ4n) is 4.09. The van der Waals surface area contributed by atoms with Crippen LogP contribution in [0.5, 0.6) is 5.75 Å². The van der Waals surface area contributed by atoms with E-state index in [1.165, 1.54) is 6.07 Å². The van der Waals surface area contributed by atoms with Crippen molar-refractivity contribution in [2.24, 2.45) is 5.92 Å². The lowest BCUT2D eigenvalue weighted by atomic mass is 10.0. The standard InChI is InChI=1S/C25H33N3O5S/c1-5-24(29)28-13-12-18-15-20(10-11-22(18)28)34(31,32)27-21(14-17(2)3)25(30)26-16-19-8-6-7-9-23(19)33-4/h6-11,15,17,21,27H,5,12-14,16H2,1-4H3,(H,26,30)/t21-/m0/s1. The van der Waals surface area contributed by atoms with Crippen LogP contribution >= 0.6 is 0 Å². The van der Waals surface area contributed by atoms with Crippen molar-refractivity contribution in [1.82, 2.24) is 10.0 Å². The van der Waals surface area contributed by atoms with Crippen LogP contribution in [0.2, 0.25) is 0 Å². The van der Waals surface area contributed by atoms with Gasteiger partial charge in [-0.25, -0.2) is 8.42 Å². The summed E-state index contributed by atoms with van der Waals surface area (Å²) >= 11 is 0. The molecule has 0 unspecified atom stereocenters. The van der Waals surface area contributed by atoms with E-state index in [0.29, 0.717) is 31.6 Å². The number of methoxy groups -OCH3 is 1. The molecule has 184 valence electrons. The Balaban J connectivity index is 1.76. The molecule has 8 nitrogen and oxygen atoms in total. The van der Waals surface area contributed by atoms with Gasteiger partial charge in [-0.3, -0.25) is 9.59 Å². The zero-order valence-electron chi connectivity index (χ0n) is 20.1. The Kier molecular flexibility index (Phi) is 8.33. The molecule has 0 aromatic heterocycles. The van der Waals surface area contributed by atoms with E-state index < -0.39 is 22.0 Å². The van der Waals surface area contributed by atoms with E-state index in [9.17, 15) is 18.0 Å². The number of nitrogens with one attached hydrogen (secondary N) is 2. The Bertz CT molecular complexity index is 1150. The van der Waals surface area contributed by atoms with Crippen molar-refractivity contribution in [3.63, 3.8) is 0 Å². The van der Waals surface area contributed by atoms with Gasteiger partial charge in [0.15, 0.2) is 0 Å². The number of fused-ring (bicyclic) bond motifs is 1. The van der Waals surface area contributed by atoms with E-state index in [-0.39, 0.29) is 23.3 Å². The second-order valence-electron chi connectivity index (χ2n) is 8.77. The molecule has 1 atom stereocenters. The minimum Gasteiger partial charge on any atom is -0.496 e. The zero-order chi connectivity index (χ0) is 24.9. The van der Waals surface area contributed by atoms with Gasteiger partial charge < -0.3 is 15.0 Å². The fraction of sp³-hybridized carbons (Fsp3) is 0.440. The second-order valence-corrected chi connectivity index (χ2v) is 10.5. The zero-order valence-corrected chi connectivity index (χ0v) is 20.9. The molecule has 0 radical (unpaired) electrons. The lowest BCUT2D eigenvalue weighted by Crippen LogP contribution is -2.47. The number of hydrogen-bond donors (Lipinski definition) is 2. The third-order valence-electron chi connectivity index (χ3n) is 5.83. The normalized spacial score (nSPS) is 14.1. The summed E-state index contributed by atoms with van der Waals surface area (Å²) in [5, 5.41) is 2.83. The van der Waals surface area contributed by atoms with Gasteiger partial charge in [-0.15, -0.1) is 0 Å².